The second kappa shape index (κ2) is 4.92. The summed E-state index contributed by atoms with van der Waals surface area (Å²) in [7, 11) is 0. The molecule has 4 rings (SSSR count). The minimum absolute atomic E-state index is 0.218. The quantitative estimate of drug-likeness (QED) is 0.616. The van der Waals surface area contributed by atoms with Crippen LogP contribution in [-0.2, 0) is 0 Å². The van der Waals surface area contributed by atoms with Gasteiger partial charge in [-0.15, -0.1) is 11.3 Å². The minimum atomic E-state index is -0.218. The van der Waals surface area contributed by atoms with Crippen LogP contribution in [0.5, 0.6) is 0 Å². The fourth-order valence-electron chi connectivity index (χ4n) is 2.36. The highest BCUT2D eigenvalue weighted by Gasteiger charge is 2.11. The van der Waals surface area contributed by atoms with Gasteiger partial charge in [0, 0.05) is 18.1 Å². The van der Waals surface area contributed by atoms with E-state index in [9.17, 15) is 4.79 Å². The number of hydrogen-bond donors (Lipinski definition) is 1. The number of nitrogens with zero attached hydrogens (tertiary/aromatic N) is 3. The summed E-state index contributed by atoms with van der Waals surface area (Å²) in [6.45, 7) is 1.97. The molecule has 0 saturated heterocycles. The molecule has 1 N–H and O–H groups in total. The summed E-state index contributed by atoms with van der Waals surface area (Å²) >= 11 is 1.61. The number of aromatic nitrogens is 3. The predicted octanol–water partition coefficient (Wildman–Crippen LogP) is 3.50. The van der Waals surface area contributed by atoms with E-state index in [2.05, 4.69) is 15.3 Å². The molecule has 1 amide bonds. The third kappa shape index (κ3) is 2.23. The molecular formula is C16H12N4OS. The maximum absolute atomic E-state index is 12.3. The lowest BCUT2D eigenvalue weighted by Crippen LogP contribution is -2.12. The van der Waals surface area contributed by atoms with Crippen LogP contribution in [0.3, 0.4) is 0 Å². The molecule has 0 bridgehead atoms. The first-order valence-corrected chi connectivity index (χ1v) is 7.63. The highest BCUT2D eigenvalue weighted by molar-refractivity contribution is 7.18. The Labute approximate surface area is 130 Å². The van der Waals surface area contributed by atoms with E-state index >= 15 is 0 Å². The Morgan fingerprint density at radius 3 is 3.00 bits per heavy atom. The number of thiazole rings is 1. The van der Waals surface area contributed by atoms with Crippen LogP contribution in [-0.4, -0.2) is 20.3 Å². The first kappa shape index (κ1) is 13.0. The average molecular weight is 308 g/mol. The number of anilines is 1. The molecular weight excluding hydrogens is 296 g/mol. The van der Waals surface area contributed by atoms with Crippen LogP contribution in [0.4, 0.5) is 5.69 Å². The number of rotatable bonds is 2. The van der Waals surface area contributed by atoms with Gasteiger partial charge in [-0.3, -0.25) is 4.79 Å². The van der Waals surface area contributed by atoms with Gasteiger partial charge in [0.25, 0.3) is 5.91 Å². The van der Waals surface area contributed by atoms with Gasteiger partial charge in [-0.1, -0.05) is 6.07 Å². The lowest BCUT2D eigenvalue weighted by molar-refractivity contribution is 0.102. The Hall–Kier alpha value is -2.73. The second-order valence-corrected chi connectivity index (χ2v) is 6.20. The summed E-state index contributed by atoms with van der Waals surface area (Å²) in [6, 6.07) is 11.4. The molecule has 0 fully saturated rings. The molecule has 0 unspecified atom stereocenters. The second-order valence-electron chi connectivity index (χ2n) is 4.96. The number of imidazole rings is 1. The van der Waals surface area contributed by atoms with Crippen LogP contribution in [0.2, 0.25) is 0 Å². The van der Waals surface area contributed by atoms with Crippen LogP contribution >= 0.6 is 11.3 Å². The van der Waals surface area contributed by atoms with Gasteiger partial charge in [0.05, 0.1) is 15.2 Å². The molecule has 3 heterocycles. The van der Waals surface area contributed by atoms with Crippen LogP contribution in [0.15, 0.2) is 48.8 Å². The summed E-state index contributed by atoms with van der Waals surface area (Å²) in [4.78, 5) is 21.1. The Balaban J connectivity index is 1.64. The summed E-state index contributed by atoms with van der Waals surface area (Å²) in [5, 5.41) is 3.90. The van der Waals surface area contributed by atoms with Crippen LogP contribution in [0, 0.1) is 6.92 Å². The molecule has 108 valence electrons. The maximum Gasteiger partial charge on any atom is 0.275 e. The average Bonchev–Trinajstić information content (AvgIpc) is 3.08. The molecule has 1 aromatic carbocycles. The zero-order valence-corrected chi connectivity index (χ0v) is 12.6. The van der Waals surface area contributed by atoms with Crippen molar-refractivity contribution in [1.82, 2.24) is 14.4 Å². The van der Waals surface area contributed by atoms with Gasteiger partial charge in [-0.05, 0) is 37.3 Å². The van der Waals surface area contributed by atoms with Gasteiger partial charge in [-0.25, -0.2) is 9.97 Å². The minimum Gasteiger partial charge on any atom is -0.321 e. The molecule has 0 aliphatic rings. The van der Waals surface area contributed by atoms with E-state index in [0.717, 1.165) is 26.6 Å². The van der Waals surface area contributed by atoms with Crippen molar-refractivity contribution in [3.05, 3.63) is 59.5 Å². The zero-order valence-electron chi connectivity index (χ0n) is 11.8. The van der Waals surface area contributed by atoms with E-state index < -0.39 is 0 Å². The van der Waals surface area contributed by atoms with Crippen molar-refractivity contribution >= 4 is 38.8 Å². The SMILES string of the molecule is Cc1nc2ccc(NC(=O)c3cn4ccccc4n3)cc2s1. The lowest BCUT2D eigenvalue weighted by atomic mass is 10.3. The summed E-state index contributed by atoms with van der Waals surface area (Å²) in [6.07, 6.45) is 3.59. The predicted molar refractivity (Wildman–Crippen MR) is 87.5 cm³/mol. The third-order valence-corrected chi connectivity index (χ3v) is 4.28. The first-order valence-electron chi connectivity index (χ1n) is 6.81. The van der Waals surface area contributed by atoms with Crippen molar-refractivity contribution in [2.45, 2.75) is 6.92 Å². The number of carbonyl (C=O) groups is 1. The molecule has 0 saturated carbocycles. The number of carbonyl (C=O) groups excluding carboxylic acids is 1. The molecule has 0 spiro atoms. The highest BCUT2D eigenvalue weighted by Crippen LogP contribution is 2.25. The van der Waals surface area contributed by atoms with Gasteiger partial charge in [0.15, 0.2) is 0 Å². The summed E-state index contributed by atoms with van der Waals surface area (Å²) in [5.41, 5.74) is 2.85. The molecule has 0 atom stereocenters. The zero-order chi connectivity index (χ0) is 15.1. The molecule has 3 aromatic heterocycles. The van der Waals surface area contributed by atoms with Gasteiger partial charge in [0.1, 0.15) is 11.3 Å². The molecule has 0 aliphatic heterocycles. The van der Waals surface area contributed by atoms with Crippen LogP contribution in [0.25, 0.3) is 15.9 Å². The molecule has 0 aliphatic carbocycles. The van der Waals surface area contributed by atoms with E-state index in [4.69, 9.17) is 0 Å². The van der Waals surface area contributed by atoms with Gasteiger partial charge >= 0.3 is 0 Å². The Morgan fingerprint density at radius 2 is 2.14 bits per heavy atom. The van der Waals surface area contributed by atoms with Crippen molar-refractivity contribution in [2.24, 2.45) is 0 Å². The van der Waals surface area contributed by atoms with Crippen molar-refractivity contribution in [2.75, 3.05) is 5.32 Å². The molecule has 6 heteroatoms. The van der Waals surface area contributed by atoms with Gasteiger partial charge < -0.3 is 9.72 Å². The number of aryl methyl sites for hydroxylation is 1. The van der Waals surface area contributed by atoms with E-state index in [-0.39, 0.29) is 5.91 Å². The monoisotopic (exact) mass is 308 g/mol. The fraction of sp³-hybridized carbons (Fsp3) is 0.0625. The Bertz CT molecular complexity index is 969. The van der Waals surface area contributed by atoms with Crippen molar-refractivity contribution in [1.29, 1.82) is 0 Å². The maximum atomic E-state index is 12.3. The highest BCUT2D eigenvalue weighted by atomic mass is 32.1. The van der Waals surface area contributed by atoms with Crippen molar-refractivity contribution in [3.63, 3.8) is 0 Å². The van der Waals surface area contributed by atoms with Crippen LogP contribution < -0.4 is 5.32 Å². The topological polar surface area (TPSA) is 59.3 Å². The number of nitrogens with one attached hydrogen (secondary N) is 1. The standard InChI is InChI=1S/C16H12N4OS/c1-10-17-12-6-5-11(8-14(12)22-10)18-16(21)13-9-20-7-3-2-4-15(20)19-13/h2-9H,1H3,(H,18,21). The van der Waals surface area contributed by atoms with Gasteiger partial charge in [-0.2, -0.15) is 0 Å². The van der Waals surface area contributed by atoms with Crippen LogP contribution in [0.1, 0.15) is 15.5 Å². The summed E-state index contributed by atoms with van der Waals surface area (Å²) < 4.78 is 2.88. The largest absolute Gasteiger partial charge is 0.321 e. The Morgan fingerprint density at radius 1 is 1.23 bits per heavy atom. The smallest absolute Gasteiger partial charge is 0.275 e. The number of fused-ring (bicyclic) bond motifs is 2. The first-order chi connectivity index (χ1) is 10.7. The lowest BCUT2D eigenvalue weighted by Gasteiger charge is -2.02. The molecule has 4 aromatic rings. The number of pyridine rings is 1. The van der Waals surface area contributed by atoms with E-state index in [1.165, 1.54) is 0 Å². The number of hydrogen-bond acceptors (Lipinski definition) is 4. The normalized spacial score (nSPS) is 11.1. The van der Waals surface area contributed by atoms with Crippen molar-refractivity contribution in [3.8, 4) is 0 Å². The number of benzene rings is 1. The molecule has 0 radical (unpaired) electrons. The molecule has 22 heavy (non-hydrogen) atoms. The van der Waals surface area contributed by atoms with Crippen molar-refractivity contribution < 1.29 is 4.79 Å². The van der Waals surface area contributed by atoms with E-state index in [0.29, 0.717) is 5.69 Å². The van der Waals surface area contributed by atoms with E-state index in [1.54, 1.807) is 17.5 Å². The van der Waals surface area contributed by atoms with E-state index in [1.807, 2.05) is 53.9 Å². The third-order valence-electron chi connectivity index (χ3n) is 3.35. The summed E-state index contributed by atoms with van der Waals surface area (Å²) in [5.74, 6) is -0.218. The van der Waals surface area contributed by atoms with Gasteiger partial charge in [0.2, 0.25) is 0 Å². The fourth-order valence-corrected chi connectivity index (χ4v) is 3.22. The molecule has 5 nitrogen and oxygen atoms in total. The number of amides is 1. The Kier molecular flexibility index (Phi) is 2.90.